The van der Waals surface area contributed by atoms with E-state index >= 15 is 0 Å². The molecule has 1 aliphatic heterocycles. The zero-order chi connectivity index (χ0) is 17.1. The van der Waals surface area contributed by atoms with Gasteiger partial charge < -0.3 is 0 Å². The fourth-order valence-corrected chi connectivity index (χ4v) is 2.28. The summed E-state index contributed by atoms with van der Waals surface area (Å²) in [6.07, 6.45) is 1.57. The monoisotopic (exact) mass is 324 g/mol. The third-order valence-corrected chi connectivity index (χ3v) is 3.49. The molecule has 0 bridgehead atoms. The SMILES string of the molecule is O=C1C(Cc2ccc(F)cc2)=N/C(=C\c2ccccc2)C(=O)N1O. The highest BCUT2D eigenvalue weighted by Crippen LogP contribution is 2.17. The lowest BCUT2D eigenvalue weighted by Crippen LogP contribution is -2.43. The van der Waals surface area contributed by atoms with E-state index in [-0.39, 0.29) is 28.7 Å². The van der Waals surface area contributed by atoms with Gasteiger partial charge in [0.05, 0.1) is 0 Å². The summed E-state index contributed by atoms with van der Waals surface area (Å²) < 4.78 is 13.0. The number of hydrogen-bond acceptors (Lipinski definition) is 4. The molecule has 2 aromatic rings. The lowest BCUT2D eigenvalue weighted by molar-refractivity contribution is -0.171. The molecule has 0 fully saturated rings. The van der Waals surface area contributed by atoms with E-state index in [1.165, 1.54) is 30.3 Å². The summed E-state index contributed by atoms with van der Waals surface area (Å²) in [6, 6.07) is 14.5. The van der Waals surface area contributed by atoms with Crippen LogP contribution < -0.4 is 0 Å². The fourth-order valence-electron chi connectivity index (χ4n) is 2.28. The first-order valence-corrected chi connectivity index (χ1v) is 7.21. The van der Waals surface area contributed by atoms with E-state index in [4.69, 9.17) is 0 Å². The minimum absolute atomic E-state index is 0.00545. The van der Waals surface area contributed by atoms with Crippen molar-refractivity contribution >= 4 is 23.6 Å². The van der Waals surface area contributed by atoms with E-state index in [0.717, 1.165) is 0 Å². The summed E-state index contributed by atoms with van der Waals surface area (Å²) in [5.41, 5.74) is 1.32. The van der Waals surface area contributed by atoms with Gasteiger partial charge >= 0.3 is 5.91 Å². The summed E-state index contributed by atoms with van der Waals surface area (Å²) in [5.74, 6) is -2.15. The molecule has 0 saturated heterocycles. The molecule has 120 valence electrons. The van der Waals surface area contributed by atoms with Gasteiger partial charge in [-0.2, -0.15) is 0 Å². The van der Waals surface area contributed by atoms with Gasteiger partial charge in [-0.25, -0.2) is 9.38 Å². The summed E-state index contributed by atoms with van der Waals surface area (Å²) in [7, 11) is 0. The van der Waals surface area contributed by atoms with Gasteiger partial charge in [-0.1, -0.05) is 42.5 Å². The number of aliphatic imine (C=N–C) groups is 1. The topological polar surface area (TPSA) is 70.0 Å². The Balaban J connectivity index is 1.95. The Labute approximate surface area is 137 Å². The van der Waals surface area contributed by atoms with Crippen LogP contribution in [0.1, 0.15) is 11.1 Å². The van der Waals surface area contributed by atoms with E-state index in [1.807, 2.05) is 6.07 Å². The Kier molecular flexibility index (Phi) is 4.31. The predicted molar refractivity (Wildman–Crippen MR) is 85.6 cm³/mol. The van der Waals surface area contributed by atoms with Crippen molar-refractivity contribution in [2.45, 2.75) is 6.42 Å². The number of halogens is 1. The molecule has 3 rings (SSSR count). The summed E-state index contributed by atoms with van der Waals surface area (Å²) >= 11 is 0. The number of hydroxylamine groups is 2. The molecule has 0 atom stereocenters. The van der Waals surface area contributed by atoms with Crippen molar-refractivity contribution in [2.75, 3.05) is 0 Å². The second-order valence-corrected chi connectivity index (χ2v) is 5.22. The molecule has 0 spiro atoms. The maximum Gasteiger partial charge on any atom is 0.303 e. The standard InChI is InChI=1S/C18H13FN2O3/c19-14-8-6-13(7-9-14)11-16-18(23)21(24)17(22)15(20-16)10-12-4-2-1-3-5-12/h1-10,24H,11H2/b15-10-. The van der Waals surface area contributed by atoms with Gasteiger partial charge in [-0.3, -0.25) is 14.8 Å². The van der Waals surface area contributed by atoms with E-state index < -0.39 is 11.8 Å². The lowest BCUT2D eigenvalue weighted by atomic mass is 10.1. The number of rotatable bonds is 3. The first-order chi connectivity index (χ1) is 11.5. The third kappa shape index (κ3) is 3.28. The molecule has 1 aliphatic rings. The minimum Gasteiger partial charge on any atom is -0.278 e. The van der Waals surface area contributed by atoms with Gasteiger partial charge in [0.15, 0.2) is 0 Å². The largest absolute Gasteiger partial charge is 0.303 e. The molecule has 1 N–H and O–H groups in total. The fraction of sp³-hybridized carbons (Fsp3) is 0.0556. The van der Waals surface area contributed by atoms with Crippen molar-refractivity contribution in [1.82, 2.24) is 5.06 Å². The number of carbonyl (C=O) groups excluding carboxylic acids is 2. The van der Waals surface area contributed by atoms with Crippen molar-refractivity contribution in [3.8, 4) is 0 Å². The number of benzene rings is 2. The molecule has 2 aromatic carbocycles. The van der Waals surface area contributed by atoms with Crippen LogP contribution in [0.4, 0.5) is 4.39 Å². The van der Waals surface area contributed by atoms with E-state index in [1.54, 1.807) is 24.3 Å². The van der Waals surface area contributed by atoms with Crippen LogP contribution in [-0.2, 0) is 16.0 Å². The molecule has 0 aliphatic carbocycles. The molecule has 0 saturated carbocycles. The van der Waals surface area contributed by atoms with Crippen LogP contribution >= 0.6 is 0 Å². The molecule has 24 heavy (non-hydrogen) atoms. The maximum absolute atomic E-state index is 13.0. The molecular weight excluding hydrogens is 311 g/mol. The van der Waals surface area contributed by atoms with Crippen LogP contribution in [0.25, 0.3) is 6.08 Å². The summed E-state index contributed by atoms with van der Waals surface area (Å²) in [4.78, 5) is 28.1. The average Bonchev–Trinajstić information content (AvgIpc) is 2.60. The molecule has 6 heteroatoms. The highest BCUT2D eigenvalue weighted by atomic mass is 19.1. The number of carbonyl (C=O) groups is 2. The van der Waals surface area contributed by atoms with Gasteiger partial charge in [0.25, 0.3) is 5.91 Å². The second kappa shape index (κ2) is 6.55. The van der Waals surface area contributed by atoms with Crippen LogP contribution in [0, 0.1) is 5.82 Å². The van der Waals surface area contributed by atoms with Crippen molar-refractivity contribution in [3.63, 3.8) is 0 Å². The van der Waals surface area contributed by atoms with Crippen LogP contribution in [0.15, 0.2) is 65.3 Å². The van der Waals surface area contributed by atoms with Crippen molar-refractivity contribution in [2.24, 2.45) is 4.99 Å². The Bertz CT molecular complexity index is 842. The average molecular weight is 324 g/mol. The normalized spacial score (nSPS) is 16.5. The lowest BCUT2D eigenvalue weighted by Gasteiger charge is -2.20. The number of amides is 2. The van der Waals surface area contributed by atoms with E-state index in [0.29, 0.717) is 11.1 Å². The van der Waals surface area contributed by atoms with Crippen LogP contribution in [0.3, 0.4) is 0 Å². The molecule has 0 radical (unpaired) electrons. The molecule has 1 heterocycles. The highest BCUT2D eigenvalue weighted by molar-refractivity contribution is 6.44. The summed E-state index contributed by atoms with van der Waals surface area (Å²) in [5, 5.41) is 9.80. The van der Waals surface area contributed by atoms with Crippen molar-refractivity contribution in [3.05, 3.63) is 77.2 Å². The zero-order valence-corrected chi connectivity index (χ0v) is 12.5. The van der Waals surface area contributed by atoms with E-state index in [9.17, 15) is 19.2 Å². The summed E-state index contributed by atoms with van der Waals surface area (Å²) in [6.45, 7) is 0. The molecular formula is C18H13FN2O3. The Morgan fingerprint density at radius 3 is 2.33 bits per heavy atom. The quantitative estimate of drug-likeness (QED) is 0.536. The first-order valence-electron chi connectivity index (χ1n) is 7.21. The number of hydrogen-bond donors (Lipinski definition) is 1. The van der Waals surface area contributed by atoms with Gasteiger partial charge in [-0.15, -0.1) is 5.06 Å². The van der Waals surface area contributed by atoms with Crippen LogP contribution in [0.5, 0.6) is 0 Å². The van der Waals surface area contributed by atoms with Crippen LogP contribution in [0.2, 0.25) is 0 Å². The van der Waals surface area contributed by atoms with Gasteiger partial charge in [0.1, 0.15) is 17.2 Å². The number of nitrogens with zero attached hydrogens (tertiary/aromatic N) is 2. The van der Waals surface area contributed by atoms with Crippen molar-refractivity contribution in [1.29, 1.82) is 0 Å². The molecule has 0 unspecified atom stereocenters. The Hall–Kier alpha value is -3.12. The third-order valence-electron chi connectivity index (χ3n) is 3.49. The second-order valence-electron chi connectivity index (χ2n) is 5.22. The zero-order valence-electron chi connectivity index (χ0n) is 12.5. The highest BCUT2D eigenvalue weighted by Gasteiger charge is 2.32. The van der Waals surface area contributed by atoms with Crippen molar-refractivity contribution < 1.29 is 19.2 Å². The van der Waals surface area contributed by atoms with Gasteiger partial charge in [-0.05, 0) is 29.3 Å². The predicted octanol–water partition coefficient (Wildman–Crippen LogP) is 2.61. The first kappa shape index (κ1) is 15.8. The van der Waals surface area contributed by atoms with Gasteiger partial charge in [0.2, 0.25) is 0 Å². The Morgan fingerprint density at radius 1 is 1.00 bits per heavy atom. The van der Waals surface area contributed by atoms with Gasteiger partial charge in [0, 0.05) is 6.42 Å². The maximum atomic E-state index is 13.0. The molecule has 0 aromatic heterocycles. The Morgan fingerprint density at radius 2 is 1.67 bits per heavy atom. The van der Waals surface area contributed by atoms with E-state index in [2.05, 4.69) is 4.99 Å². The number of imide groups is 1. The minimum atomic E-state index is -0.883. The molecule has 2 amide bonds. The smallest absolute Gasteiger partial charge is 0.278 e. The van der Waals surface area contributed by atoms with Crippen LogP contribution in [-0.4, -0.2) is 27.8 Å². The molecule has 5 nitrogen and oxygen atoms in total.